The standard InChI is InChI=1S/C18H17N3O/c1-13-8-10-16(11-9-13)21-18(22)17(14(2)20-21)12-19-15-6-4-3-5-7-15/h3-12,19H,1-2H3/b17-12-. The smallest absolute Gasteiger partial charge is 0.282 e. The van der Waals surface area contributed by atoms with Gasteiger partial charge in [0, 0.05) is 11.9 Å². The number of hydrazone groups is 1. The highest BCUT2D eigenvalue weighted by Crippen LogP contribution is 2.23. The predicted molar refractivity (Wildman–Crippen MR) is 89.9 cm³/mol. The average Bonchev–Trinajstić information content (AvgIpc) is 2.82. The molecule has 22 heavy (non-hydrogen) atoms. The summed E-state index contributed by atoms with van der Waals surface area (Å²) >= 11 is 0. The van der Waals surface area contributed by atoms with Crippen molar-refractivity contribution in [3.63, 3.8) is 0 Å². The van der Waals surface area contributed by atoms with Crippen molar-refractivity contribution in [3.8, 4) is 0 Å². The predicted octanol–water partition coefficient (Wildman–Crippen LogP) is 3.71. The fraction of sp³-hybridized carbons (Fsp3) is 0.111. The molecule has 0 fully saturated rings. The summed E-state index contributed by atoms with van der Waals surface area (Å²) in [6.07, 6.45) is 1.71. The van der Waals surface area contributed by atoms with Crippen LogP contribution in [0, 0.1) is 6.92 Å². The van der Waals surface area contributed by atoms with Gasteiger partial charge in [-0.05, 0) is 38.1 Å². The van der Waals surface area contributed by atoms with Gasteiger partial charge in [-0.2, -0.15) is 10.1 Å². The highest BCUT2D eigenvalue weighted by Gasteiger charge is 2.28. The number of nitrogens with one attached hydrogen (secondary N) is 1. The number of aryl methyl sites for hydroxylation is 1. The third-order valence-corrected chi connectivity index (χ3v) is 3.50. The van der Waals surface area contributed by atoms with Gasteiger partial charge in [-0.15, -0.1) is 0 Å². The van der Waals surface area contributed by atoms with Gasteiger partial charge in [-0.3, -0.25) is 4.79 Å². The summed E-state index contributed by atoms with van der Waals surface area (Å²) in [6, 6.07) is 17.5. The average molecular weight is 291 g/mol. The summed E-state index contributed by atoms with van der Waals surface area (Å²) in [5.41, 5.74) is 4.14. The molecule has 2 aromatic carbocycles. The molecule has 1 amide bonds. The SMILES string of the molecule is CC1=NN(c2ccc(C)cc2)C(=O)/C1=C\Nc1ccccc1. The molecule has 2 aromatic rings. The number of carbonyl (C=O) groups is 1. The molecule has 0 radical (unpaired) electrons. The number of amides is 1. The van der Waals surface area contributed by atoms with E-state index in [9.17, 15) is 4.79 Å². The van der Waals surface area contributed by atoms with Gasteiger partial charge in [0.05, 0.1) is 17.0 Å². The summed E-state index contributed by atoms with van der Waals surface area (Å²) in [7, 11) is 0. The molecular weight excluding hydrogens is 274 g/mol. The van der Waals surface area contributed by atoms with Gasteiger partial charge in [0.2, 0.25) is 0 Å². The highest BCUT2D eigenvalue weighted by molar-refractivity contribution is 6.29. The monoisotopic (exact) mass is 291 g/mol. The summed E-state index contributed by atoms with van der Waals surface area (Å²) in [5, 5.41) is 8.93. The molecule has 1 N–H and O–H groups in total. The minimum absolute atomic E-state index is 0.121. The third-order valence-electron chi connectivity index (χ3n) is 3.50. The molecule has 110 valence electrons. The molecule has 0 aliphatic carbocycles. The molecule has 1 heterocycles. The van der Waals surface area contributed by atoms with Crippen molar-refractivity contribution in [2.75, 3.05) is 10.3 Å². The van der Waals surface area contributed by atoms with E-state index in [1.807, 2.05) is 68.4 Å². The number of hydrogen-bond donors (Lipinski definition) is 1. The fourth-order valence-electron chi connectivity index (χ4n) is 2.24. The lowest BCUT2D eigenvalue weighted by atomic mass is 10.2. The molecular formula is C18H17N3O. The Morgan fingerprint density at radius 1 is 1.00 bits per heavy atom. The second-order valence-electron chi connectivity index (χ2n) is 5.21. The van der Waals surface area contributed by atoms with E-state index in [4.69, 9.17) is 0 Å². The molecule has 0 bridgehead atoms. The first-order valence-electron chi connectivity index (χ1n) is 7.13. The van der Waals surface area contributed by atoms with Crippen molar-refractivity contribution >= 4 is 23.0 Å². The van der Waals surface area contributed by atoms with Crippen LogP contribution in [0.2, 0.25) is 0 Å². The van der Waals surface area contributed by atoms with Crippen LogP contribution in [0.25, 0.3) is 0 Å². The Morgan fingerprint density at radius 3 is 2.36 bits per heavy atom. The maximum Gasteiger partial charge on any atom is 0.282 e. The summed E-state index contributed by atoms with van der Waals surface area (Å²) in [6.45, 7) is 3.85. The second kappa shape index (κ2) is 5.85. The van der Waals surface area contributed by atoms with Crippen LogP contribution in [0.1, 0.15) is 12.5 Å². The zero-order chi connectivity index (χ0) is 15.5. The Balaban J connectivity index is 1.82. The Morgan fingerprint density at radius 2 is 1.68 bits per heavy atom. The maximum absolute atomic E-state index is 12.5. The van der Waals surface area contributed by atoms with Gasteiger partial charge in [0.1, 0.15) is 0 Å². The first kappa shape index (κ1) is 14.1. The van der Waals surface area contributed by atoms with E-state index in [2.05, 4.69) is 10.4 Å². The second-order valence-corrected chi connectivity index (χ2v) is 5.21. The van der Waals surface area contributed by atoms with Crippen molar-refractivity contribution < 1.29 is 4.79 Å². The van der Waals surface area contributed by atoms with Crippen LogP contribution in [-0.2, 0) is 4.79 Å². The highest BCUT2D eigenvalue weighted by atomic mass is 16.2. The van der Waals surface area contributed by atoms with Crippen LogP contribution < -0.4 is 10.3 Å². The minimum Gasteiger partial charge on any atom is -0.361 e. The lowest BCUT2D eigenvalue weighted by Crippen LogP contribution is -2.21. The topological polar surface area (TPSA) is 44.7 Å². The largest absolute Gasteiger partial charge is 0.361 e. The van der Waals surface area contributed by atoms with Gasteiger partial charge in [0.25, 0.3) is 5.91 Å². The summed E-state index contributed by atoms with van der Waals surface area (Å²) < 4.78 is 0. The first-order valence-corrected chi connectivity index (χ1v) is 7.13. The van der Waals surface area contributed by atoms with Crippen molar-refractivity contribution in [2.45, 2.75) is 13.8 Å². The molecule has 4 heteroatoms. The van der Waals surface area contributed by atoms with Crippen LogP contribution in [0.15, 0.2) is 71.5 Å². The van der Waals surface area contributed by atoms with Gasteiger partial charge >= 0.3 is 0 Å². The fourth-order valence-corrected chi connectivity index (χ4v) is 2.24. The maximum atomic E-state index is 12.5. The number of anilines is 2. The molecule has 3 rings (SSSR count). The van der Waals surface area contributed by atoms with Crippen molar-refractivity contribution in [1.82, 2.24) is 0 Å². The van der Waals surface area contributed by atoms with Gasteiger partial charge in [-0.1, -0.05) is 35.9 Å². The quantitative estimate of drug-likeness (QED) is 0.876. The van der Waals surface area contributed by atoms with Crippen molar-refractivity contribution in [3.05, 3.63) is 71.9 Å². The molecule has 1 aliphatic rings. The lowest BCUT2D eigenvalue weighted by Gasteiger charge is -2.11. The molecule has 4 nitrogen and oxygen atoms in total. The Hall–Kier alpha value is -2.88. The van der Waals surface area contributed by atoms with E-state index in [0.29, 0.717) is 11.3 Å². The number of nitrogens with zero attached hydrogens (tertiary/aromatic N) is 2. The van der Waals surface area contributed by atoms with E-state index < -0.39 is 0 Å². The summed E-state index contributed by atoms with van der Waals surface area (Å²) in [4.78, 5) is 12.5. The van der Waals surface area contributed by atoms with Crippen LogP contribution in [0.5, 0.6) is 0 Å². The Labute approximate surface area is 129 Å². The normalized spacial score (nSPS) is 16.1. The number of hydrogen-bond acceptors (Lipinski definition) is 3. The van der Waals surface area contributed by atoms with Crippen LogP contribution in [0.4, 0.5) is 11.4 Å². The van der Waals surface area contributed by atoms with Crippen LogP contribution >= 0.6 is 0 Å². The number of para-hydroxylation sites is 1. The van der Waals surface area contributed by atoms with Gasteiger partial charge < -0.3 is 5.32 Å². The van der Waals surface area contributed by atoms with Gasteiger partial charge in [0.15, 0.2) is 0 Å². The molecule has 1 aliphatic heterocycles. The molecule has 0 saturated heterocycles. The van der Waals surface area contributed by atoms with Crippen LogP contribution in [0.3, 0.4) is 0 Å². The molecule has 0 unspecified atom stereocenters. The molecule has 0 spiro atoms. The summed E-state index contributed by atoms with van der Waals surface area (Å²) in [5.74, 6) is -0.121. The Bertz CT molecular complexity index is 746. The Kier molecular flexibility index (Phi) is 3.74. The number of carbonyl (C=O) groups excluding carboxylic acids is 1. The first-order chi connectivity index (χ1) is 10.6. The minimum atomic E-state index is -0.121. The zero-order valence-electron chi connectivity index (χ0n) is 12.6. The molecule has 0 saturated carbocycles. The zero-order valence-corrected chi connectivity index (χ0v) is 12.6. The molecule has 0 atom stereocenters. The van der Waals surface area contributed by atoms with E-state index in [0.717, 1.165) is 16.9 Å². The van der Waals surface area contributed by atoms with Crippen molar-refractivity contribution in [2.24, 2.45) is 5.10 Å². The van der Waals surface area contributed by atoms with Gasteiger partial charge in [-0.25, -0.2) is 0 Å². The van der Waals surface area contributed by atoms with E-state index in [1.54, 1.807) is 6.20 Å². The van der Waals surface area contributed by atoms with Crippen molar-refractivity contribution in [1.29, 1.82) is 0 Å². The lowest BCUT2D eigenvalue weighted by molar-refractivity contribution is -0.114. The van der Waals surface area contributed by atoms with E-state index in [1.165, 1.54) is 5.01 Å². The number of benzene rings is 2. The molecule has 0 aromatic heterocycles. The van der Waals surface area contributed by atoms with E-state index >= 15 is 0 Å². The third kappa shape index (κ3) is 2.76. The van der Waals surface area contributed by atoms with Crippen LogP contribution in [-0.4, -0.2) is 11.6 Å². The van der Waals surface area contributed by atoms with E-state index in [-0.39, 0.29) is 5.91 Å². The number of rotatable bonds is 3.